The largest absolute Gasteiger partial charge is 0.374 e. The quantitative estimate of drug-likeness (QED) is 0.449. The lowest BCUT2D eigenvalue weighted by Crippen LogP contribution is -2.59. The van der Waals surface area contributed by atoms with E-state index in [1.807, 2.05) is 6.92 Å². The molecule has 124 valence electrons. The molecular weight excluding hydrogens is 289 g/mol. The van der Waals surface area contributed by atoms with Crippen LogP contribution in [0, 0.1) is 5.41 Å². The highest BCUT2D eigenvalue weighted by atomic mass is 19.3. The highest BCUT2D eigenvalue weighted by molar-refractivity contribution is 5.37. The van der Waals surface area contributed by atoms with Crippen molar-refractivity contribution in [3.8, 4) is 0 Å². The lowest BCUT2D eigenvalue weighted by molar-refractivity contribution is -0.200. The molecule has 2 aliphatic carbocycles. The third-order valence-electron chi connectivity index (χ3n) is 5.03. The zero-order chi connectivity index (χ0) is 16.3. The van der Waals surface area contributed by atoms with Crippen molar-refractivity contribution in [1.82, 2.24) is 0 Å². The Morgan fingerprint density at radius 1 is 1.27 bits per heavy atom. The molecule has 2 rings (SSSR count). The second-order valence-electron chi connectivity index (χ2n) is 6.28. The number of alkyl halides is 2. The third-order valence-corrected chi connectivity index (χ3v) is 5.03. The molecule has 2 aliphatic rings. The van der Waals surface area contributed by atoms with Gasteiger partial charge >= 0.3 is 5.92 Å². The Balaban J connectivity index is 2.45. The summed E-state index contributed by atoms with van der Waals surface area (Å²) in [6.07, 6.45) is 10.2. The maximum Gasteiger partial charge on any atom is 0.313 e. The van der Waals surface area contributed by atoms with Crippen molar-refractivity contribution in [3.63, 3.8) is 0 Å². The number of hydrogen-bond donors (Lipinski definition) is 0. The van der Waals surface area contributed by atoms with E-state index >= 15 is 0 Å². The fraction of sp³-hybridized carbons (Fsp3) is 0.667. The Hall–Kier alpha value is -1.03. The van der Waals surface area contributed by atoms with Crippen molar-refractivity contribution in [2.24, 2.45) is 5.41 Å². The first kappa shape index (κ1) is 17.3. The average Bonchev–Trinajstić information content (AvgIpc) is 2.51. The first-order chi connectivity index (χ1) is 10.5. The van der Waals surface area contributed by atoms with Gasteiger partial charge in [-0.15, -0.1) is 6.58 Å². The van der Waals surface area contributed by atoms with Gasteiger partial charge in [-0.3, -0.25) is 0 Å². The number of allylic oxidation sites excluding steroid dienone is 3. The fourth-order valence-electron chi connectivity index (χ4n) is 3.72. The molecule has 0 heterocycles. The van der Waals surface area contributed by atoms with Gasteiger partial charge in [-0.25, -0.2) is 4.39 Å². The number of halogens is 3. The van der Waals surface area contributed by atoms with Crippen molar-refractivity contribution >= 4 is 0 Å². The van der Waals surface area contributed by atoms with Crippen LogP contribution in [0.2, 0.25) is 0 Å². The summed E-state index contributed by atoms with van der Waals surface area (Å²) < 4.78 is 49.6. The van der Waals surface area contributed by atoms with Gasteiger partial charge in [0.2, 0.25) is 0 Å². The van der Waals surface area contributed by atoms with Crippen LogP contribution in [-0.2, 0) is 4.74 Å². The van der Waals surface area contributed by atoms with E-state index in [0.717, 1.165) is 38.2 Å². The molecule has 0 bridgehead atoms. The van der Waals surface area contributed by atoms with E-state index in [9.17, 15) is 13.2 Å². The van der Waals surface area contributed by atoms with Crippen LogP contribution in [-0.4, -0.2) is 18.1 Å². The predicted octanol–water partition coefficient (Wildman–Crippen LogP) is 5.74. The molecule has 0 aromatic rings. The van der Waals surface area contributed by atoms with Gasteiger partial charge in [0, 0.05) is 6.61 Å². The van der Waals surface area contributed by atoms with Crippen molar-refractivity contribution in [2.75, 3.05) is 6.61 Å². The van der Waals surface area contributed by atoms with Crippen LogP contribution < -0.4 is 0 Å². The SMILES string of the molecule is C=CC1(C2(OCCCC)CCCCC2)C=CC=C(F)C1(F)F. The molecule has 0 spiro atoms. The van der Waals surface area contributed by atoms with Crippen LogP contribution in [0.15, 0.2) is 36.7 Å². The van der Waals surface area contributed by atoms with Gasteiger partial charge < -0.3 is 4.74 Å². The Kier molecular flexibility index (Phi) is 5.21. The third kappa shape index (κ3) is 2.55. The molecule has 0 aliphatic heterocycles. The van der Waals surface area contributed by atoms with E-state index < -0.39 is 22.8 Å². The molecule has 0 N–H and O–H groups in total. The smallest absolute Gasteiger partial charge is 0.313 e. The summed E-state index contributed by atoms with van der Waals surface area (Å²) in [5.74, 6) is -5.02. The summed E-state index contributed by atoms with van der Waals surface area (Å²) in [5.41, 5.74) is -2.89. The highest BCUT2D eigenvalue weighted by Gasteiger charge is 2.66. The zero-order valence-electron chi connectivity index (χ0n) is 13.2. The van der Waals surface area contributed by atoms with E-state index in [4.69, 9.17) is 4.74 Å². The van der Waals surface area contributed by atoms with E-state index in [0.29, 0.717) is 19.4 Å². The van der Waals surface area contributed by atoms with E-state index in [1.54, 1.807) is 0 Å². The number of unbranched alkanes of at least 4 members (excludes halogenated alkanes) is 1. The summed E-state index contributed by atoms with van der Waals surface area (Å²) in [6.45, 7) is 6.07. The Labute approximate surface area is 130 Å². The highest BCUT2D eigenvalue weighted by Crippen LogP contribution is 2.59. The van der Waals surface area contributed by atoms with Crippen molar-refractivity contribution in [3.05, 3.63) is 36.7 Å². The van der Waals surface area contributed by atoms with Gasteiger partial charge in [0.05, 0.1) is 5.60 Å². The maximum atomic E-state index is 14.8. The van der Waals surface area contributed by atoms with Crippen molar-refractivity contribution in [1.29, 1.82) is 0 Å². The van der Waals surface area contributed by atoms with Gasteiger partial charge in [-0.1, -0.05) is 50.8 Å². The minimum Gasteiger partial charge on any atom is -0.374 e. The molecule has 0 radical (unpaired) electrons. The van der Waals surface area contributed by atoms with E-state index in [2.05, 4.69) is 6.58 Å². The summed E-state index contributed by atoms with van der Waals surface area (Å²) in [6, 6.07) is 0. The summed E-state index contributed by atoms with van der Waals surface area (Å²) in [7, 11) is 0. The minimum absolute atomic E-state index is 0.418. The Bertz CT molecular complexity index is 461. The number of ether oxygens (including phenoxy) is 1. The van der Waals surface area contributed by atoms with Gasteiger partial charge in [-0.2, -0.15) is 8.78 Å². The minimum atomic E-state index is -3.62. The maximum absolute atomic E-state index is 14.8. The van der Waals surface area contributed by atoms with E-state index in [-0.39, 0.29) is 0 Å². The lowest BCUT2D eigenvalue weighted by atomic mass is 9.60. The molecule has 1 unspecified atom stereocenters. The first-order valence-corrected chi connectivity index (χ1v) is 8.16. The molecule has 0 aromatic heterocycles. The molecule has 1 atom stereocenters. The monoisotopic (exact) mass is 314 g/mol. The zero-order valence-corrected chi connectivity index (χ0v) is 13.2. The molecule has 0 amide bonds. The Morgan fingerprint density at radius 3 is 2.55 bits per heavy atom. The molecule has 4 heteroatoms. The predicted molar refractivity (Wildman–Crippen MR) is 82.6 cm³/mol. The molecule has 22 heavy (non-hydrogen) atoms. The summed E-state index contributed by atoms with van der Waals surface area (Å²) >= 11 is 0. The molecule has 1 fully saturated rings. The standard InChI is InChI=1S/C18H25F3O/c1-3-5-14-22-17(12-7-6-8-13-17)16(4-2)11-9-10-15(19)18(16,20)21/h4,9-11H,2-3,5-8,12-14H2,1H3. The van der Waals surface area contributed by atoms with Gasteiger partial charge in [-0.05, 0) is 25.3 Å². The average molecular weight is 314 g/mol. The van der Waals surface area contributed by atoms with Crippen LogP contribution in [0.25, 0.3) is 0 Å². The topological polar surface area (TPSA) is 9.23 Å². The van der Waals surface area contributed by atoms with Gasteiger partial charge in [0.25, 0.3) is 0 Å². The van der Waals surface area contributed by atoms with Crippen molar-refractivity contribution in [2.45, 2.75) is 63.4 Å². The first-order valence-electron chi connectivity index (χ1n) is 8.16. The number of hydrogen-bond acceptors (Lipinski definition) is 1. The van der Waals surface area contributed by atoms with Crippen LogP contribution in [0.1, 0.15) is 51.9 Å². The Morgan fingerprint density at radius 2 is 1.95 bits per heavy atom. The van der Waals surface area contributed by atoms with Crippen LogP contribution >= 0.6 is 0 Å². The molecule has 0 saturated heterocycles. The second-order valence-corrected chi connectivity index (χ2v) is 6.28. The molecule has 1 nitrogen and oxygen atoms in total. The number of rotatable bonds is 6. The van der Waals surface area contributed by atoms with Gasteiger partial charge in [0.1, 0.15) is 5.41 Å². The van der Waals surface area contributed by atoms with Crippen LogP contribution in [0.5, 0.6) is 0 Å². The summed E-state index contributed by atoms with van der Waals surface area (Å²) in [5, 5.41) is 0. The lowest BCUT2D eigenvalue weighted by Gasteiger charge is -2.53. The summed E-state index contributed by atoms with van der Waals surface area (Å²) in [4.78, 5) is 0. The molecule has 0 aromatic carbocycles. The molecule has 1 saturated carbocycles. The molecular formula is C18H25F3O. The van der Waals surface area contributed by atoms with Crippen LogP contribution in [0.3, 0.4) is 0 Å². The van der Waals surface area contributed by atoms with Crippen LogP contribution in [0.4, 0.5) is 13.2 Å². The van der Waals surface area contributed by atoms with E-state index in [1.165, 1.54) is 18.2 Å². The van der Waals surface area contributed by atoms with Gasteiger partial charge in [0.15, 0.2) is 5.83 Å². The normalized spacial score (nSPS) is 29.9. The fourth-order valence-corrected chi connectivity index (χ4v) is 3.72. The second kappa shape index (κ2) is 6.61. The van der Waals surface area contributed by atoms with Crippen molar-refractivity contribution < 1.29 is 17.9 Å².